The fourth-order valence-electron chi connectivity index (χ4n) is 2.65. The maximum Gasteiger partial charge on any atom is 0.258 e. The third-order valence-electron chi connectivity index (χ3n) is 3.91. The third kappa shape index (κ3) is 3.31. The number of benzene rings is 1. The zero-order valence-corrected chi connectivity index (χ0v) is 14.3. The van der Waals surface area contributed by atoms with E-state index in [1.807, 2.05) is 26.1 Å². The molecule has 0 radical (unpaired) electrons. The highest BCUT2D eigenvalue weighted by Gasteiger charge is 2.12. The predicted octanol–water partition coefficient (Wildman–Crippen LogP) is 3.98. The molecular weight excluding hydrogens is 290 g/mol. The minimum absolute atomic E-state index is 0.0932. The minimum Gasteiger partial charge on any atom is -0.508 e. The SMILES string of the molecule is CC/C(=C\C(OC)=C(C)C)c1cn(C)c(=O)c2cc(O)ccc12. The maximum atomic E-state index is 12.3. The monoisotopic (exact) mass is 313 g/mol. The molecule has 1 N–H and O–H groups in total. The van der Waals surface area contributed by atoms with Crippen molar-refractivity contribution in [1.82, 2.24) is 4.57 Å². The summed E-state index contributed by atoms with van der Waals surface area (Å²) >= 11 is 0. The molecule has 0 unspecified atom stereocenters. The van der Waals surface area contributed by atoms with Gasteiger partial charge in [-0.3, -0.25) is 4.79 Å². The Labute approximate surface area is 136 Å². The highest BCUT2D eigenvalue weighted by molar-refractivity contribution is 5.94. The number of phenols is 1. The van der Waals surface area contributed by atoms with Gasteiger partial charge in [-0.05, 0) is 61.1 Å². The molecule has 1 heterocycles. The van der Waals surface area contributed by atoms with Gasteiger partial charge in [-0.25, -0.2) is 0 Å². The number of phenolic OH excluding ortho intramolecular Hbond substituents is 1. The summed E-state index contributed by atoms with van der Waals surface area (Å²) in [5.74, 6) is 0.915. The van der Waals surface area contributed by atoms with Crippen molar-refractivity contribution in [2.45, 2.75) is 27.2 Å². The largest absolute Gasteiger partial charge is 0.508 e. The lowest BCUT2D eigenvalue weighted by Gasteiger charge is -2.13. The molecule has 2 rings (SSSR count). The van der Waals surface area contributed by atoms with Crippen LogP contribution in [0, 0.1) is 0 Å². The van der Waals surface area contributed by atoms with Gasteiger partial charge in [-0.1, -0.05) is 6.92 Å². The first-order valence-electron chi connectivity index (χ1n) is 7.63. The lowest BCUT2D eigenvalue weighted by molar-refractivity contribution is 0.302. The van der Waals surface area contributed by atoms with Crippen molar-refractivity contribution in [3.8, 4) is 5.75 Å². The Kier molecular flexibility index (Phi) is 4.94. The van der Waals surface area contributed by atoms with E-state index in [1.165, 1.54) is 6.07 Å². The molecule has 4 heteroatoms. The topological polar surface area (TPSA) is 51.5 Å². The van der Waals surface area contributed by atoms with E-state index in [9.17, 15) is 9.90 Å². The summed E-state index contributed by atoms with van der Waals surface area (Å²) in [4.78, 5) is 12.3. The molecule has 0 fully saturated rings. The second-order valence-corrected chi connectivity index (χ2v) is 5.78. The zero-order chi connectivity index (χ0) is 17.1. The summed E-state index contributed by atoms with van der Waals surface area (Å²) in [7, 11) is 3.38. The number of rotatable bonds is 4. The smallest absolute Gasteiger partial charge is 0.258 e. The average Bonchev–Trinajstić information content (AvgIpc) is 2.52. The Balaban J connectivity index is 2.81. The first-order valence-corrected chi connectivity index (χ1v) is 7.63. The van der Waals surface area contributed by atoms with E-state index in [4.69, 9.17) is 4.74 Å². The summed E-state index contributed by atoms with van der Waals surface area (Å²) < 4.78 is 7.00. The Bertz CT molecular complexity index is 853. The highest BCUT2D eigenvalue weighted by atomic mass is 16.5. The molecule has 0 aliphatic heterocycles. The molecule has 0 spiro atoms. The molecule has 1 aromatic carbocycles. The first kappa shape index (κ1) is 16.9. The number of ether oxygens (including phenoxy) is 1. The van der Waals surface area contributed by atoms with Gasteiger partial charge in [0.2, 0.25) is 0 Å². The third-order valence-corrected chi connectivity index (χ3v) is 3.91. The fourth-order valence-corrected chi connectivity index (χ4v) is 2.65. The van der Waals surface area contributed by atoms with Gasteiger partial charge >= 0.3 is 0 Å². The van der Waals surface area contributed by atoms with E-state index < -0.39 is 0 Å². The van der Waals surface area contributed by atoms with Gasteiger partial charge in [0.15, 0.2) is 0 Å². The van der Waals surface area contributed by atoms with Crippen molar-refractivity contribution in [1.29, 1.82) is 0 Å². The van der Waals surface area contributed by atoms with E-state index in [0.29, 0.717) is 5.39 Å². The molecule has 0 saturated carbocycles. The Morgan fingerprint density at radius 2 is 2.00 bits per heavy atom. The van der Waals surface area contributed by atoms with Crippen LogP contribution in [0.4, 0.5) is 0 Å². The van der Waals surface area contributed by atoms with E-state index in [-0.39, 0.29) is 11.3 Å². The fraction of sp³-hybridized carbons (Fsp3) is 0.316. The van der Waals surface area contributed by atoms with Crippen molar-refractivity contribution in [2.24, 2.45) is 7.05 Å². The second-order valence-electron chi connectivity index (χ2n) is 5.78. The number of pyridine rings is 1. The molecule has 0 bridgehead atoms. The molecule has 4 nitrogen and oxygen atoms in total. The van der Waals surface area contributed by atoms with Gasteiger partial charge in [-0.2, -0.15) is 0 Å². The predicted molar refractivity (Wildman–Crippen MR) is 94.5 cm³/mol. The summed E-state index contributed by atoms with van der Waals surface area (Å²) in [6.45, 7) is 6.07. The maximum absolute atomic E-state index is 12.3. The molecule has 23 heavy (non-hydrogen) atoms. The van der Waals surface area contributed by atoms with Crippen LogP contribution in [0.5, 0.6) is 5.75 Å². The molecule has 122 valence electrons. The normalized spacial score (nSPS) is 11.6. The van der Waals surface area contributed by atoms with Crippen LogP contribution in [0.2, 0.25) is 0 Å². The van der Waals surface area contributed by atoms with Crippen molar-refractivity contribution < 1.29 is 9.84 Å². The van der Waals surface area contributed by atoms with Gasteiger partial charge in [0.05, 0.1) is 12.5 Å². The number of hydrogen-bond donors (Lipinski definition) is 1. The van der Waals surface area contributed by atoms with Gasteiger partial charge < -0.3 is 14.4 Å². The number of hydrogen-bond acceptors (Lipinski definition) is 3. The quantitative estimate of drug-likeness (QED) is 0.686. The molecule has 2 aromatic rings. The van der Waals surface area contributed by atoms with Crippen LogP contribution in [0.3, 0.4) is 0 Å². The Morgan fingerprint density at radius 1 is 1.30 bits per heavy atom. The first-order chi connectivity index (χ1) is 10.9. The molecule has 0 aliphatic carbocycles. The van der Waals surface area contributed by atoms with Gasteiger partial charge in [-0.15, -0.1) is 0 Å². The van der Waals surface area contributed by atoms with E-state index in [0.717, 1.165) is 34.3 Å². The summed E-state index contributed by atoms with van der Waals surface area (Å²) in [5, 5.41) is 11.0. The number of nitrogens with zero attached hydrogens (tertiary/aromatic N) is 1. The van der Waals surface area contributed by atoms with Gasteiger partial charge in [0.1, 0.15) is 11.5 Å². The van der Waals surface area contributed by atoms with Crippen LogP contribution in [-0.2, 0) is 11.8 Å². The van der Waals surface area contributed by atoms with Crippen LogP contribution >= 0.6 is 0 Å². The zero-order valence-electron chi connectivity index (χ0n) is 14.3. The Hall–Kier alpha value is -2.49. The number of aryl methyl sites for hydroxylation is 1. The van der Waals surface area contributed by atoms with Crippen LogP contribution in [0.1, 0.15) is 32.8 Å². The lowest BCUT2D eigenvalue weighted by atomic mass is 9.97. The van der Waals surface area contributed by atoms with Gasteiger partial charge in [0, 0.05) is 18.8 Å². The molecule has 0 amide bonds. The summed E-state index contributed by atoms with van der Waals surface area (Å²) in [6.07, 6.45) is 4.66. The van der Waals surface area contributed by atoms with E-state index >= 15 is 0 Å². The molecular formula is C19H23NO3. The van der Waals surface area contributed by atoms with E-state index in [2.05, 4.69) is 6.92 Å². The summed E-state index contributed by atoms with van der Waals surface area (Å²) in [5.41, 5.74) is 3.02. The van der Waals surface area contributed by atoms with Gasteiger partial charge in [0.25, 0.3) is 5.56 Å². The van der Waals surface area contributed by atoms with Crippen LogP contribution < -0.4 is 5.56 Å². The second kappa shape index (κ2) is 6.73. The number of aromatic nitrogens is 1. The van der Waals surface area contributed by atoms with Crippen molar-refractivity contribution >= 4 is 16.3 Å². The highest BCUT2D eigenvalue weighted by Crippen LogP contribution is 2.28. The van der Waals surface area contributed by atoms with Crippen molar-refractivity contribution in [3.63, 3.8) is 0 Å². The Morgan fingerprint density at radius 3 is 2.57 bits per heavy atom. The van der Waals surface area contributed by atoms with Crippen molar-refractivity contribution in [2.75, 3.05) is 7.11 Å². The number of fused-ring (bicyclic) bond motifs is 1. The summed E-state index contributed by atoms with van der Waals surface area (Å²) in [6, 6.07) is 4.92. The standard InChI is InChI=1S/C19H23NO3/c1-6-13(9-18(23-5)12(2)3)17-11-20(4)19(22)16-10-14(21)7-8-15(16)17/h7-11,21H,6H2,1-5H3/b13-9+. The number of methoxy groups -OCH3 is 1. The number of allylic oxidation sites excluding steroid dienone is 3. The lowest BCUT2D eigenvalue weighted by Crippen LogP contribution is -2.17. The van der Waals surface area contributed by atoms with Crippen LogP contribution in [0.15, 0.2) is 46.6 Å². The van der Waals surface area contributed by atoms with Crippen LogP contribution in [0.25, 0.3) is 16.3 Å². The molecule has 0 saturated heterocycles. The molecule has 1 aromatic heterocycles. The number of aromatic hydroxyl groups is 1. The van der Waals surface area contributed by atoms with E-state index in [1.54, 1.807) is 30.9 Å². The molecule has 0 aliphatic rings. The van der Waals surface area contributed by atoms with Crippen molar-refractivity contribution in [3.05, 3.63) is 57.7 Å². The average molecular weight is 313 g/mol. The molecule has 0 atom stereocenters. The van der Waals surface area contributed by atoms with Crippen LogP contribution in [-0.4, -0.2) is 16.8 Å². The minimum atomic E-state index is -0.121.